The Balaban J connectivity index is 2.08. The van der Waals surface area contributed by atoms with Crippen LogP contribution in [0.3, 0.4) is 0 Å². The van der Waals surface area contributed by atoms with Crippen molar-refractivity contribution in [2.24, 2.45) is 0 Å². The average molecular weight is 375 g/mol. The van der Waals surface area contributed by atoms with Gasteiger partial charge in [-0.3, -0.25) is 4.79 Å². The lowest BCUT2D eigenvalue weighted by Crippen LogP contribution is -2.29. The van der Waals surface area contributed by atoms with E-state index in [0.29, 0.717) is 28.1 Å². The Bertz CT molecular complexity index is 878. The van der Waals surface area contributed by atoms with Crippen molar-refractivity contribution in [3.63, 3.8) is 0 Å². The van der Waals surface area contributed by atoms with Crippen LogP contribution in [0, 0.1) is 5.82 Å². The number of Topliss-reactive ketones (excluding diaryl/α,β-unsaturated/α-hetero) is 1. The molecule has 0 saturated carbocycles. The molecule has 2 N–H and O–H groups in total. The third-order valence-electron chi connectivity index (χ3n) is 3.94. The maximum absolute atomic E-state index is 14.4. The van der Waals surface area contributed by atoms with Gasteiger partial charge >= 0.3 is 0 Å². The number of rotatable bonds is 5. The van der Waals surface area contributed by atoms with E-state index >= 15 is 0 Å². The molecule has 0 atom stereocenters. The van der Waals surface area contributed by atoms with Gasteiger partial charge in [-0.25, -0.2) is 9.28 Å². The molecule has 0 unspecified atom stereocenters. The topological polar surface area (TPSA) is 70.8 Å². The maximum Gasteiger partial charge on any atom is 0.210 e. The SMILES string of the molecule is COOSc1ccc(C2=C(c3ccc(N)cc3)C(=O)C(C)(C)O2)cc1F. The van der Waals surface area contributed by atoms with Gasteiger partial charge in [-0.2, -0.15) is 4.33 Å². The molecular formula is C19H18FNO4S. The summed E-state index contributed by atoms with van der Waals surface area (Å²) >= 11 is 0.762. The van der Waals surface area contributed by atoms with Crippen LogP contribution in [-0.2, 0) is 18.8 Å². The van der Waals surface area contributed by atoms with Crippen LogP contribution in [0.4, 0.5) is 10.1 Å². The number of ketones is 1. The van der Waals surface area contributed by atoms with E-state index in [1.807, 2.05) is 0 Å². The summed E-state index contributed by atoms with van der Waals surface area (Å²) in [6, 6.07) is 11.4. The Morgan fingerprint density at radius 3 is 2.38 bits per heavy atom. The van der Waals surface area contributed by atoms with Gasteiger partial charge in [0.25, 0.3) is 0 Å². The van der Waals surface area contributed by atoms with Crippen LogP contribution in [0.15, 0.2) is 47.4 Å². The van der Waals surface area contributed by atoms with E-state index in [2.05, 4.69) is 9.22 Å². The smallest absolute Gasteiger partial charge is 0.210 e. The number of carbonyl (C=O) groups is 1. The van der Waals surface area contributed by atoms with Crippen molar-refractivity contribution in [2.75, 3.05) is 12.8 Å². The lowest BCUT2D eigenvalue weighted by Gasteiger charge is -2.18. The fourth-order valence-electron chi connectivity index (χ4n) is 2.65. The van der Waals surface area contributed by atoms with Crippen molar-refractivity contribution in [3.8, 4) is 0 Å². The molecule has 0 bridgehead atoms. The second-order valence-electron chi connectivity index (χ2n) is 6.23. The first-order valence-corrected chi connectivity index (χ1v) is 8.59. The Kier molecular flexibility index (Phi) is 5.04. The van der Waals surface area contributed by atoms with Gasteiger partial charge < -0.3 is 10.5 Å². The van der Waals surface area contributed by atoms with E-state index in [-0.39, 0.29) is 10.7 Å². The molecule has 0 radical (unpaired) electrons. The molecule has 1 aliphatic heterocycles. The molecule has 0 fully saturated rings. The molecule has 136 valence electrons. The summed E-state index contributed by atoms with van der Waals surface area (Å²) in [4.78, 5) is 17.6. The number of benzene rings is 2. The van der Waals surface area contributed by atoms with Crippen molar-refractivity contribution >= 4 is 34.8 Å². The van der Waals surface area contributed by atoms with Gasteiger partial charge in [0.2, 0.25) is 5.78 Å². The fraction of sp³-hybridized carbons (Fsp3) is 0.211. The van der Waals surface area contributed by atoms with Gasteiger partial charge in [0.15, 0.2) is 5.60 Å². The summed E-state index contributed by atoms with van der Waals surface area (Å²) in [5.74, 6) is -0.332. The number of carbonyl (C=O) groups excluding carboxylic acids is 1. The molecule has 0 aliphatic carbocycles. The molecule has 7 heteroatoms. The quantitative estimate of drug-likeness (QED) is 0.365. The van der Waals surface area contributed by atoms with E-state index in [9.17, 15) is 9.18 Å². The van der Waals surface area contributed by atoms with E-state index in [1.54, 1.807) is 50.2 Å². The number of halogens is 1. The monoisotopic (exact) mass is 375 g/mol. The molecule has 5 nitrogen and oxygen atoms in total. The number of hydrogen-bond acceptors (Lipinski definition) is 6. The first-order valence-electron chi connectivity index (χ1n) is 7.85. The minimum atomic E-state index is -1.03. The molecular weight excluding hydrogens is 357 g/mol. The maximum atomic E-state index is 14.4. The number of anilines is 1. The first kappa shape index (κ1) is 18.4. The van der Waals surface area contributed by atoms with Crippen molar-refractivity contribution in [1.82, 2.24) is 0 Å². The standard InChI is InChI=1S/C19H18FNO4S/c1-19(2)18(22)16(11-4-7-13(21)8-5-11)17(24-19)12-6-9-15(14(20)10-12)26-25-23-3/h4-10H,21H2,1-3H3. The lowest BCUT2D eigenvalue weighted by atomic mass is 9.92. The van der Waals surface area contributed by atoms with Crippen LogP contribution >= 0.6 is 12.0 Å². The van der Waals surface area contributed by atoms with Crippen LogP contribution < -0.4 is 5.73 Å². The number of ether oxygens (including phenoxy) is 1. The van der Waals surface area contributed by atoms with Crippen LogP contribution in [0.1, 0.15) is 25.0 Å². The molecule has 26 heavy (non-hydrogen) atoms. The molecule has 1 aliphatic rings. The minimum absolute atomic E-state index is 0.168. The number of nitrogens with two attached hydrogens (primary N) is 1. The van der Waals surface area contributed by atoms with Gasteiger partial charge in [-0.15, -0.1) is 0 Å². The van der Waals surface area contributed by atoms with Gasteiger partial charge in [0.05, 0.1) is 29.6 Å². The summed E-state index contributed by atoms with van der Waals surface area (Å²) < 4.78 is 24.9. The largest absolute Gasteiger partial charge is 0.478 e. The van der Waals surface area contributed by atoms with E-state index in [0.717, 1.165) is 12.0 Å². The highest BCUT2D eigenvalue weighted by Crippen LogP contribution is 2.42. The van der Waals surface area contributed by atoms with Crippen LogP contribution in [0.25, 0.3) is 11.3 Å². The Morgan fingerprint density at radius 2 is 1.77 bits per heavy atom. The predicted molar refractivity (Wildman–Crippen MR) is 98.2 cm³/mol. The van der Waals surface area contributed by atoms with Crippen LogP contribution in [-0.4, -0.2) is 18.5 Å². The van der Waals surface area contributed by atoms with E-state index < -0.39 is 11.4 Å². The van der Waals surface area contributed by atoms with Gasteiger partial charge in [0, 0.05) is 11.3 Å². The zero-order chi connectivity index (χ0) is 18.9. The second kappa shape index (κ2) is 7.11. The molecule has 0 spiro atoms. The predicted octanol–water partition coefficient (Wildman–Crippen LogP) is 4.24. The van der Waals surface area contributed by atoms with Crippen molar-refractivity contribution in [2.45, 2.75) is 24.3 Å². The average Bonchev–Trinajstić information content (AvgIpc) is 2.85. The van der Waals surface area contributed by atoms with Gasteiger partial charge in [0.1, 0.15) is 11.6 Å². The Hall–Kier alpha value is -2.35. The highest BCUT2D eigenvalue weighted by molar-refractivity contribution is 7.94. The fourth-order valence-corrected chi connectivity index (χ4v) is 3.06. The zero-order valence-electron chi connectivity index (χ0n) is 14.5. The van der Waals surface area contributed by atoms with Crippen molar-refractivity contribution in [3.05, 3.63) is 59.4 Å². The van der Waals surface area contributed by atoms with Crippen LogP contribution in [0.5, 0.6) is 0 Å². The van der Waals surface area contributed by atoms with E-state index in [4.69, 9.17) is 10.5 Å². The lowest BCUT2D eigenvalue weighted by molar-refractivity contribution is -0.160. The third-order valence-corrected chi connectivity index (χ3v) is 4.66. The minimum Gasteiger partial charge on any atom is -0.478 e. The highest BCUT2D eigenvalue weighted by Gasteiger charge is 2.42. The second-order valence-corrected chi connectivity index (χ2v) is 6.97. The molecule has 0 amide bonds. The Morgan fingerprint density at radius 1 is 1.12 bits per heavy atom. The first-order chi connectivity index (χ1) is 12.3. The summed E-state index contributed by atoms with van der Waals surface area (Å²) in [6.07, 6.45) is 0. The number of nitrogen functional groups attached to an aromatic ring is 1. The zero-order valence-corrected chi connectivity index (χ0v) is 15.4. The molecule has 3 rings (SSSR count). The summed E-state index contributed by atoms with van der Waals surface area (Å²) in [5, 5.41) is 0. The molecule has 2 aromatic carbocycles. The van der Waals surface area contributed by atoms with Gasteiger partial charge in [-0.1, -0.05) is 12.1 Å². The van der Waals surface area contributed by atoms with Gasteiger partial charge in [-0.05, 0) is 49.7 Å². The van der Waals surface area contributed by atoms with E-state index in [1.165, 1.54) is 13.2 Å². The molecule has 1 heterocycles. The third kappa shape index (κ3) is 3.46. The summed E-state index contributed by atoms with van der Waals surface area (Å²) in [7, 11) is 1.34. The summed E-state index contributed by atoms with van der Waals surface area (Å²) in [5.41, 5.74) is 6.83. The van der Waals surface area contributed by atoms with Crippen molar-refractivity contribution < 1.29 is 23.1 Å². The van der Waals surface area contributed by atoms with Crippen LogP contribution in [0.2, 0.25) is 0 Å². The normalized spacial score (nSPS) is 16.1. The molecule has 0 aromatic heterocycles. The molecule has 0 saturated heterocycles. The summed E-state index contributed by atoms with van der Waals surface area (Å²) in [6.45, 7) is 3.37. The van der Waals surface area contributed by atoms with Crippen molar-refractivity contribution in [1.29, 1.82) is 0 Å². The number of hydrogen-bond donors (Lipinski definition) is 1. The Labute approximate surface area is 155 Å². The highest BCUT2D eigenvalue weighted by atomic mass is 32.2. The molecule has 2 aromatic rings.